The van der Waals surface area contributed by atoms with Crippen molar-refractivity contribution in [1.29, 1.82) is 0 Å². The van der Waals surface area contributed by atoms with Gasteiger partial charge in [-0.3, -0.25) is 14.2 Å². The van der Waals surface area contributed by atoms with Crippen molar-refractivity contribution in [3.05, 3.63) is 57.3 Å². The van der Waals surface area contributed by atoms with Gasteiger partial charge in [0.2, 0.25) is 0 Å². The standard InChI is InChI=1S/C20H19ClN2O4S/c1-11(2)9-23-19(27)14-8-13(21)4-5-15(14)22-20(23)28-10-18(26)12-3-6-16(24)17(25)7-12/h3-8,11,24-25H,9-10H2,1-2H3. The maximum atomic E-state index is 12.9. The summed E-state index contributed by atoms with van der Waals surface area (Å²) in [5.41, 5.74) is 0.596. The molecule has 0 saturated carbocycles. The van der Waals surface area contributed by atoms with E-state index in [1.807, 2.05) is 13.8 Å². The molecule has 0 aliphatic carbocycles. The molecule has 6 nitrogen and oxygen atoms in total. The summed E-state index contributed by atoms with van der Waals surface area (Å²) in [6, 6.07) is 8.87. The first-order chi connectivity index (χ1) is 13.3. The van der Waals surface area contributed by atoms with E-state index in [9.17, 15) is 19.8 Å². The van der Waals surface area contributed by atoms with Gasteiger partial charge in [-0.25, -0.2) is 4.98 Å². The van der Waals surface area contributed by atoms with Gasteiger partial charge in [-0.05, 0) is 42.3 Å². The Morgan fingerprint density at radius 3 is 2.61 bits per heavy atom. The van der Waals surface area contributed by atoms with E-state index in [1.165, 1.54) is 18.2 Å². The third-order valence-electron chi connectivity index (χ3n) is 4.06. The molecule has 1 heterocycles. The van der Waals surface area contributed by atoms with Gasteiger partial charge in [0.05, 0.1) is 16.7 Å². The Morgan fingerprint density at radius 2 is 1.93 bits per heavy atom. The lowest BCUT2D eigenvalue weighted by atomic mass is 10.1. The monoisotopic (exact) mass is 418 g/mol. The van der Waals surface area contributed by atoms with Crippen LogP contribution in [0.4, 0.5) is 0 Å². The first kappa shape index (κ1) is 20.2. The predicted molar refractivity (Wildman–Crippen MR) is 111 cm³/mol. The molecule has 3 rings (SSSR count). The molecular weight excluding hydrogens is 400 g/mol. The number of carbonyl (C=O) groups is 1. The van der Waals surface area contributed by atoms with Crippen molar-refractivity contribution in [2.75, 3.05) is 5.75 Å². The van der Waals surface area contributed by atoms with Gasteiger partial charge in [0.15, 0.2) is 22.4 Å². The van der Waals surface area contributed by atoms with Crippen molar-refractivity contribution in [2.24, 2.45) is 5.92 Å². The summed E-state index contributed by atoms with van der Waals surface area (Å²) in [5.74, 6) is -0.645. The number of phenols is 2. The van der Waals surface area contributed by atoms with Crippen LogP contribution in [0.5, 0.6) is 11.5 Å². The number of halogens is 1. The van der Waals surface area contributed by atoms with Crippen molar-refractivity contribution in [3.63, 3.8) is 0 Å². The summed E-state index contributed by atoms with van der Waals surface area (Å²) in [7, 11) is 0. The number of fused-ring (bicyclic) bond motifs is 1. The lowest BCUT2D eigenvalue weighted by Gasteiger charge is -2.15. The third kappa shape index (κ3) is 4.31. The van der Waals surface area contributed by atoms with E-state index >= 15 is 0 Å². The maximum Gasteiger partial charge on any atom is 0.262 e. The van der Waals surface area contributed by atoms with Crippen LogP contribution >= 0.6 is 23.4 Å². The molecule has 0 spiro atoms. The van der Waals surface area contributed by atoms with Gasteiger partial charge < -0.3 is 10.2 Å². The van der Waals surface area contributed by atoms with E-state index in [2.05, 4.69) is 4.98 Å². The van der Waals surface area contributed by atoms with Crippen LogP contribution in [-0.2, 0) is 6.54 Å². The minimum absolute atomic E-state index is 0.0356. The molecule has 2 aromatic carbocycles. The smallest absolute Gasteiger partial charge is 0.262 e. The van der Waals surface area contributed by atoms with E-state index < -0.39 is 0 Å². The number of Topliss-reactive ketones (excluding diaryl/α,β-unsaturated/α-hetero) is 1. The lowest BCUT2D eigenvalue weighted by Crippen LogP contribution is -2.25. The fraction of sp³-hybridized carbons (Fsp3) is 0.250. The number of nitrogens with zero attached hydrogens (tertiary/aromatic N) is 2. The number of phenolic OH excluding ortho intramolecular Hbond substituents is 2. The minimum atomic E-state index is -0.353. The highest BCUT2D eigenvalue weighted by Gasteiger charge is 2.16. The largest absolute Gasteiger partial charge is 0.504 e. The normalized spacial score (nSPS) is 11.3. The zero-order chi connectivity index (χ0) is 20.4. The highest BCUT2D eigenvalue weighted by Crippen LogP contribution is 2.27. The number of ketones is 1. The van der Waals surface area contributed by atoms with E-state index in [0.717, 1.165) is 11.8 Å². The molecule has 0 saturated heterocycles. The second-order valence-corrected chi connectivity index (χ2v) is 8.16. The van der Waals surface area contributed by atoms with E-state index in [0.29, 0.717) is 27.6 Å². The van der Waals surface area contributed by atoms with E-state index in [1.54, 1.807) is 22.8 Å². The number of hydrogen-bond acceptors (Lipinski definition) is 6. The first-order valence-electron chi connectivity index (χ1n) is 8.64. The Kier molecular flexibility index (Phi) is 5.96. The third-order valence-corrected chi connectivity index (χ3v) is 5.27. The summed E-state index contributed by atoms with van der Waals surface area (Å²) < 4.78 is 1.57. The average Bonchev–Trinajstić information content (AvgIpc) is 2.65. The number of thioether (sulfide) groups is 1. The number of carbonyl (C=O) groups excluding carboxylic acids is 1. The molecule has 146 valence electrons. The summed E-state index contributed by atoms with van der Waals surface area (Å²) in [6.07, 6.45) is 0. The molecule has 28 heavy (non-hydrogen) atoms. The Bertz CT molecular complexity index is 1110. The van der Waals surface area contributed by atoms with Gasteiger partial charge in [0.25, 0.3) is 5.56 Å². The fourth-order valence-corrected chi connectivity index (χ4v) is 3.79. The number of rotatable bonds is 6. The van der Waals surface area contributed by atoms with Crippen molar-refractivity contribution in [3.8, 4) is 11.5 Å². The summed E-state index contributed by atoms with van der Waals surface area (Å²) >= 11 is 7.18. The van der Waals surface area contributed by atoms with Crippen molar-refractivity contribution < 1.29 is 15.0 Å². The fourth-order valence-electron chi connectivity index (χ4n) is 2.72. The number of hydrogen-bond donors (Lipinski definition) is 2. The van der Waals surface area contributed by atoms with Crippen LogP contribution in [0.1, 0.15) is 24.2 Å². The Labute approximate surface area is 170 Å². The minimum Gasteiger partial charge on any atom is -0.504 e. The topological polar surface area (TPSA) is 92.4 Å². The van der Waals surface area contributed by atoms with Gasteiger partial charge in [0.1, 0.15) is 0 Å². The van der Waals surface area contributed by atoms with Crippen molar-refractivity contribution >= 4 is 40.0 Å². The van der Waals surface area contributed by atoms with Crippen molar-refractivity contribution in [2.45, 2.75) is 25.5 Å². The summed E-state index contributed by atoms with van der Waals surface area (Å²) in [5, 5.41) is 20.3. The zero-order valence-corrected chi connectivity index (χ0v) is 16.9. The maximum absolute atomic E-state index is 12.9. The summed E-state index contributed by atoms with van der Waals surface area (Å²) in [4.78, 5) is 30.0. The second kappa shape index (κ2) is 8.24. The molecule has 0 fully saturated rings. The second-order valence-electron chi connectivity index (χ2n) is 6.78. The zero-order valence-electron chi connectivity index (χ0n) is 15.3. The number of aromatic hydroxyl groups is 2. The summed E-state index contributed by atoms with van der Waals surface area (Å²) in [6.45, 7) is 4.45. The molecule has 8 heteroatoms. The van der Waals surface area contributed by atoms with Crippen LogP contribution in [-0.4, -0.2) is 31.3 Å². The highest BCUT2D eigenvalue weighted by molar-refractivity contribution is 7.99. The van der Waals surface area contributed by atoms with Crippen LogP contribution < -0.4 is 5.56 Å². The number of aromatic nitrogens is 2. The Hall–Kier alpha value is -2.51. The Balaban J connectivity index is 1.94. The molecular formula is C20H19ClN2O4S. The highest BCUT2D eigenvalue weighted by atomic mass is 35.5. The van der Waals surface area contributed by atoms with Gasteiger partial charge in [-0.15, -0.1) is 0 Å². The number of benzene rings is 2. The predicted octanol–water partition coefficient (Wildman–Crippen LogP) is 4.09. The molecule has 2 N–H and O–H groups in total. The van der Waals surface area contributed by atoms with Crippen LogP contribution in [0.2, 0.25) is 5.02 Å². The molecule has 1 aromatic heterocycles. The van der Waals surface area contributed by atoms with E-state index in [4.69, 9.17) is 11.6 Å². The van der Waals surface area contributed by atoms with E-state index in [-0.39, 0.29) is 40.1 Å². The molecule has 0 unspecified atom stereocenters. The van der Waals surface area contributed by atoms with Crippen LogP contribution in [0.15, 0.2) is 46.3 Å². The molecule has 0 aliphatic rings. The first-order valence-corrected chi connectivity index (χ1v) is 10.0. The molecule has 0 atom stereocenters. The lowest BCUT2D eigenvalue weighted by molar-refractivity contribution is 0.102. The molecule has 0 amide bonds. The Morgan fingerprint density at radius 1 is 1.18 bits per heavy atom. The van der Waals surface area contributed by atoms with Crippen LogP contribution in [0, 0.1) is 5.92 Å². The van der Waals surface area contributed by atoms with Crippen LogP contribution in [0.3, 0.4) is 0 Å². The SMILES string of the molecule is CC(C)Cn1c(SCC(=O)c2ccc(O)c(O)c2)nc2ccc(Cl)cc2c1=O. The van der Waals surface area contributed by atoms with Gasteiger partial charge in [-0.2, -0.15) is 0 Å². The van der Waals surface area contributed by atoms with Gasteiger partial charge in [-0.1, -0.05) is 37.2 Å². The molecule has 0 radical (unpaired) electrons. The van der Waals surface area contributed by atoms with Gasteiger partial charge in [0, 0.05) is 17.1 Å². The van der Waals surface area contributed by atoms with Crippen LogP contribution in [0.25, 0.3) is 10.9 Å². The van der Waals surface area contributed by atoms with Crippen molar-refractivity contribution in [1.82, 2.24) is 9.55 Å². The van der Waals surface area contributed by atoms with Gasteiger partial charge >= 0.3 is 0 Å². The molecule has 0 bridgehead atoms. The quantitative estimate of drug-likeness (QED) is 0.271. The molecule has 0 aliphatic heterocycles. The molecule has 3 aromatic rings. The average molecular weight is 419 g/mol.